The molecule has 1 saturated heterocycles. The molecule has 0 spiro atoms. The minimum Gasteiger partial charge on any atom is -0.354 e. The largest absolute Gasteiger partial charge is 0.354 e. The monoisotopic (exact) mass is 308 g/mol. The second kappa shape index (κ2) is 5.77. The van der Waals surface area contributed by atoms with Crippen molar-refractivity contribution in [3.05, 3.63) is 17.0 Å². The van der Waals surface area contributed by atoms with Gasteiger partial charge in [0.1, 0.15) is 17.3 Å². The predicted octanol–water partition coefficient (Wildman–Crippen LogP) is 1.86. The van der Waals surface area contributed by atoms with Crippen LogP contribution < -0.4 is 4.90 Å². The number of rotatable bonds is 3. The lowest BCUT2D eigenvalue weighted by atomic mass is 10.2. The summed E-state index contributed by atoms with van der Waals surface area (Å²) in [5, 5.41) is 4.80. The lowest BCUT2D eigenvalue weighted by Crippen LogP contribution is -2.48. The summed E-state index contributed by atoms with van der Waals surface area (Å²) in [5.74, 6) is 2.28. The van der Waals surface area contributed by atoms with Crippen LogP contribution in [0.3, 0.4) is 0 Å². The van der Waals surface area contributed by atoms with E-state index >= 15 is 0 Å². The molecule has 1 aliphatic heterocycles. The van der Waals surface area contributed by atoms with Gasteiger partial charge in [-0.2, -0.15) is 19.6 Å². The first kappa shape index (κ1) is 14.5. The molecule has 0 radical (unpaired) electrons. The number of fused-ring (bicyclic) bond motifs is 1. The van der Waals surface area contributed by atoms with Crippen molar-refractivity contribution in [2.24, 2.45) is 5.92 Å². The van der Waals surface area contributed by atoms with E-state index in [0.29, 0.717) is 16.8 Å². The molecule has 2 aromatic rings. The maximum atomic E-state index is 6.24. The molecule has 114 valence electrons. The van der Waals surface area contributed by atoms with Crippen molar-refractivity contribution in [2.75, 3.05) is 37.6 Å². The molecule has 3 heterocycles. The fourth-order valence-electron chi connectivity index (χ4n) is 2.91. The molecule has 0 saturated carbocycles. The summed E-state index contributed by atoms with van der Waals surface area (Å²) in [6.45, 7) is 11.7. The molecule has 0 aromatic carbocycles. The van der Waals surface area contributed by atoms with Crippen LogP contribution in [-0.4, -0.2) is 57.2 Å². The molecule has 0 aliphatic carbocycles. The predicted molar refractivity (Wildman–Crippen MR) is 84.0 cm³/mol. The number of nitrogens with zero attached hydrogens (tertiary/aromatic N) is 6. The van der Waals surface area contributed by atoms with Gasteiger partial charge >= 0.3 is 0 Å². The van der Waals surface area contributed by atoms with Crippen LogP contribution >= 0.6 is 11.6 Å². The number of hydrogen-bond acceptors (Lipinski definition) is 5. The van der Waals surface area contributed by atoms with Gasteiger partial charge in [-0.3, -0.25) is 4.90 Å². The normalized spacial score (nSPS) is 17.1. The lowest BCUT2D eigenvalue weighted by molar-refractivity contribution is 0.230. The van der Waals surface area contributed by atoms with E-state index in [1.807, 2.05) is 6.92 Å². The fraction of sp³-hybridized carbons (Fsp3) is 0.643. The third-order valence-electron chi connectivity index (χ3n) is 3.87. The Labute approximate surface area is 129 Å². The van der Waals surface area contributed by atoms with Crippen molar-refractivity contribution < 1.29 is 0 Å². The summed E-state index contributed by atoms with van der Waals surface area (Å²) in [7, 11) is 0. The van der Waals surface area contributed by atoms with Crippen LogP contribution in [-0.2, 0) is 0 Å². The third kappa shape index (κ3) is 2.82. The van der Waals surface area contributed by atoms with Gasteiger partial charge in [0.05, 0.1) is 0 Å². The highest BCUT2D eigenvalue weighted by atomic mass is 35.5. The van der Waals surface area contributed by atoms with Gasteiger partial charge in [-0.05, 0) is 12.8 Å². The molecular weight excluding hydrogens is 288 g/mol. The molecule has 0 bridgehead atoms. The Hall–Kier alpha value is -1.40. The zero-order chi connectivity index (χ0) is 15.0. The molecule has 21 heavy (non-hydrogen) atoms. The molecule has 1 aliphatic rings. The molecule has 7 heteroatoms. The highest BCUT2D eigenvalue weighted by Gasteiger charge is 2.23. The van der Waals surface area contributed by atoms with Crippen molar-refractivity contribution in [3.63, 3.8) is 0 Å². The molecule has 0 unspecified atom stereocenters. The molecule has 0 N–H and O–H groups in total. The van der Waals surface area contributed by atoms with Crippen molar-refractivity contribution >= 4 is 23.2 Å². The summed E-state index contributed by atoms with van der Waals surface area (Å²) < 4.78 is 1.79. The summed E-state index contributed by atoms with van der Waals surface area (Å²) in [6, 6.07) is 0. The van der Waals surface area contributed by atoms with Crippen molar-refractivity contribution in [1.29, 1.82) is 0 Å². The summed E-state index contributed by atoms with van der Waals surface area (Å²) in [6.07, 6.45) is 1.52. The van der Waals surface area contributed by atoms with Gasteiger partial charge in [-0.25, -0.2) is 0 Å². The Morgan fingerprint density at radius 3 is 2.62 bits per heavy atom. The van der Waals surface area contributed by atoms with E-state index in [4.69, 9.17) is 11.6 Å². The number of aromatic nitrogens is 4. The first-order valence-electron chi connectivity index (χ1n) is 7.39. The average Bonchev–Trinajstić information content (AvgIpc) is 2.88. The van der Waals surface area contributed by atoms with Crippen LogP contribution in [0.25, 0.3) is 5.78 Å². The van der Waals surface area contributed by atoms with Gasteiger partial charge < -0.3 is 4.90 Å². The van der Waals surface area contributed by atoms with Crippen molar-refractivity contribution in [2.45, 2.75) is 20.8 Å². The van der Waals surface area contributed by atoms with Crippen LogP contribution in [0.2, 0.25) is 5.15 Å². The molecule has 6 nitrogen and oxygen atoms in total. The fourth-order valence-corrected chi connectivity index (χ4v) is 3.07. The van der Waals surface area contributed by atoms with Gasteiger partial charge in [0.2, 0.25) is 0 Å². The summed E-state index contributed by atoms with van der Waals surface area (Å²) in [4.78, 5) is 13.3. The minimum atomic E-state index is 0.509. The molecule has 1 fully saturated rings. The Morgan fingerprint density at radius 2 is 1.95 bits per heavy atom. The van der Waals surface area contributed by atoms with Gasteiger partial charge in [0, 0.05) is 38.3 Å². The molecular formula is C14H21ClN6. The topological polar surface area (TPSA) is 49.6 Å². The third-order valence-corrected chi connectivity index (χ3v) is 4.24. The molecule has 0 atom stereocenters. The molecule has 3 rings (SSSR count). The zero-order valence-corrected chi connectivity index (χ0v) is 13.5. The number of hydrogen-bond donors (Lipinski definition) is 0. The SMILES string of the molecule is Cc1c(Cl)nc2ncnn2c1N1CCN(CC(C)C)CC1. The smallest absolute Gasteiger partial charge is 0.255 e. The highest BCUT2D eigenvalue weighted by molar-refractivity contribution is 6.30. The Kier molecular flexibility index (Phi) is 3.99. The van der Waals surface area contributed by atoms with Gasteiger partial charge in [0.25, 0.3) is 5.78 Å². The minimum absolute atomic E-state index is 0.509. The second-order valence-corrected chi connectivity index (χ2v) is 6.36. The van der Waals surface area contributed by atoms with Crippen molar-refractivity contribution in [3.8, 4) is 0 Å². The van der Waals surface area contributed by atoms with E-state index in [2.05, 4.69) is 38.7 Å². The quantitative estimate of drug-likeness (QED) is 0.810. The van der Waals surface area contributed by atoms with E-state index in [0.717, 1.165) is 44.1 Å². The van der Waals surface area contributed by atoms with Crippen LogP contribution in [0.4, 0.5) is 5.82 Å². The van der Waals surface area contributed by atoms with Gasteiger partial charge in [-0.1, -0.05) is 25.4 Å². The molecule has 0 amide bonds. The summed E-state index contributed by atoms with van der Waals surface area (Å²) in [5.41, 5.74) is 0.965. The molecule has 2 aromatic heterocycles. The van der Waals surface area contributed by atoms with Crippen LogP contribution in [0, 0.1) is 12.8 Å². The van der Waals surface area contributed by atoms with Crippen LogP contribution in [0.1, 0.15) is 19.4 Å². The van der Waals surface area contributed by atoms with Crippen molar-refractivity contribution in [1.82, 2.24) is 24.5 Å². The lowest BCUT2D eigenvalue weighted by Gasteiger charge is -2.37. The maximum Gasteiger partial charge on any atom is 0.255 e. The van der Waals surface area contributed by atoms with E-state index < -0.39 is 0 Å². The van der Waals surface area contributed by atoms with E-state index in [1.165, 1.54) is 6.33 Å². The highest BCUT2D eigenvalue weighted by Crippen LogP contribution is 2.26. The second-order valence-electron chi connectivity index (χ2n) is 6.00. The van der Waals surface area contributed by atoms with Crippen LogP contribution in [0.15, 0.2) is 6.33 Å². The zero-order valence-electron chi connectivity index (χ0n) is 12.8. The number of halogens is 1. The van der Waals surface area contributed by atoms with E-state index in [-0.39, 0.29) is 0 Å². The van der Waals surface area contributed by atoms with E-state index in [1.54, 1.807) is 4.52 Å². The first-order chi connectivity index (χ1) is 10.1. The Bertz CT molecular complexity index is 630. The average molecular weight is 309 g/mol. The van der Waals surface area contributed by atoms with Gasteiger partial charge in [0.15, 0.2) is 0 Å². The Balaban J connectivity index is 1.85. The number of anilines is 1. The van der Waals surface area contributed by atoms with E-state index in [9.17, 15) is 0 Å². The standard InChI is InChI=1S/C14H21ClN6/c1-10(2)8-19-4-6-20(7-5-19)13-11(3)12(15)18-14-16-9-17-21(13)14/h9-10H,4-8H2,1-3H3. The maximum absolute atomic E-state index is 6.24. The summed E-state index contributed by atoms with van der Waals surface area (Å²) >= 11 is 6.24. The van der Waals surface area contributed by atoms with Gasteiger partial charge in [-0.15, -0.1) is 0 Å². The Morgan fingerprint density at radius 1 is 1.24 bits per heavy atom. The first-order valence-corrected chi connectivity index (χ1v) is 7.77. The number of piperazine rings is 1. The van der Waals surface area contributed by atoms with Crippen LogP contribution in [0.5, 0.6) is 0 Å².